The molecule has 22 heavy (non-hydrogen) atoms. The summed E-state index contributed by atoms with van der Waals surface area (Å²) in [6.07, 6.45) is 7.27. The fourth-order valence-corrected chi connectivity index (χ4v) is 2.74. The van der Waals surface area contributed by atoms with Crippen molar-refractivity contribution in [3.8, 4) is 11.3 Å². The van der Waals surface area contributed by atoms with Gasteiger partial charge in [0.15, 0.2) is 0 Å². The highest BCUT2D eigenvalue weighted by Crippen LogP contribution is 2.30. The van der Waals surface area contributed by atoms with Crippen molar-refractivity contribution in [1.82, 2.24) is 15.0 Å². The molecule has 0 radical (unpaired) electrons. The third-order valence-corrected chi connectivity index (χ3v) is 3.95. The van der Waals surface area contributed by atoms with E-state index in [0.29, 0.717) is 30.9 Å². The number of pyridine rings is 1. The van der Waals surface area contributed by atoms with Crippen LogP contribution in [0.15, 0.2) is 30.7 Å². The van der Waals surface area contributed by atoms with Crippen LogP contribution in [0.3, 0.4) is 0 Å². The van der Waals surface area contributed by atoms with Crippen molar-refractivity contribution in [3.63, 3.8) is 0 Å². The van der Waals surface area contributed by atoms with Gasteiger partial charge in [0.05, 0.1) is 37.0 Å². The molecule has 2 aromatic rings. The number of ether oxygens (including phenoxy) is 1. The normalized spacial score (nSPS) is 17.3. The van der Waals surface area contributed by atoms with Crippen molar-refractivity contribution < 1.29 is 9.13 Å². The number of hydrogen-bond acceptors (Lipinski definition) is 5. The Kier molecular flexibility index (Phi) is 3.31. The summed E-state index contributed by atoms with van der Waals surface area (Å²) >= 11 is 0. The molecule has 0 atom stereocenters. The van der Waals surface area contributed by atoms with Crippen molar-refractivity contribution in [3.05, 3.63) is 42.0 Å². The van der Waals surface area contributed by atoms with E-state index in [2.05, 4.69) is 19.9 Å². The smallest absolute Gasteiger partial charge is 0.147 e. The average Bonchev–Trinajstić information content (AvgIpc) is 2.96. The zero-order valence-corrected chi connectivity index (χ0v) is 12.0. The molecule has 112 valence electrons. The van der Waals surface area contributed by atoms with Crippen molar-refractivity contribution in [2.45, 2.75) is 6.42 Å². The van der Waals surface area contributed by atoms with Crippen molar-refractivity contribution >= 4 is 11.6 Å². The molecular weight excluding hydrogens is 283 g/mol. The molecule has 3 heterocycles. The lowest BCUT2D eigenvalue weighted by Crippen LogP contribution is -2.36. The Morgan fingerprint density at radius 1 is 1.14 bits per heavy atom. The molecule has 5 nitrogen and oxygen atoms in total. The molecule has 4 rings (SSSR count). The first-order valence-electron chi connectivity index (χ1n) is 7.31. The monoisotopic (exact) mass is 298 g/mol. The predicted molar refractivity (Wildman–Crippen MR) is 81.1 cm³/mol. The van der Waals surface area contributed by atoms with Gasteiger partial charge in [0.2, 0.25) is 0 Å². The molecule has 1 aliphatic heterocycles. The Bertz CT molecular complexity index is 741. The molecule has 0 amide bonds. The maximum absolute atomic E-state index is 13.7. The van der Waals surface area contributed by atoms with E-state index in [1.165, 1.54) is 0 Å². The molecule has 2 aliphatic rings. The van der Waals surface area contributed by atoms with E-state index < -0.39 is 0 Å². The van der Waals surface area contributed by atoms with Crippen LogP contribution >= 0.6 is 0 Å². The van der Waals surface area contributed by atoms with E-state index in [4.69, 9.17) is 4.74 Å². The van der Waals surface area contributed by atoms with E-state index in [0.717, 1.165) is 30.2 Å². The Hall–Kier alpha value is -2.34. The summed E-state index contributed by atoms with van der Waals surface area (Å²) in [6, 6.07) is 1.80. The van der Waals surface area contributed by atoms with Crippen molar-refractivity contribution in [2.24, 2.45) is 0 Å². The van der Waals surface area contributed by atoms with Crippen LogP contribution < -0.4 is 4.90 Å². The van der Waals surface area contributed by atoms with Gasteiger partial charge in [-0.2, -0.15) is 0 Å². The fraction of sp³-hybridized carbons (Fsp3) is 0.312. The van der Waals surface area contributed by atoms with Gasteiger partial charge in [-0.25, -0.2) is 9.37 Å². The van der Waals surface area contributed by atoms with Gasteiger partial charge in [-0.05, 0) is 12.1 Å². The SMILES string of the molecule is FC1=CCc2ncc(-c3cncc(N4CCOCC4)n3)cc21. The molecule has 0 aromatic carbocycles. The van der Waals surface area contributed by atoms with E-state index in [-0.39, 0.29) is 5.83 Å². The molecule has 0 unspecified atom stereocenters. The van der Waals surface area contributed by atoms with Crippen LogP contribution in [0, 0.1) is 0 Å². The van der Waals surface area contributed by atoms with E-state index in [1.807, 2.05) is 0 Å². The standard InChI is InChI=1S/C16H15FN4O/c17-13-1-2-14-12(13)7-11(8-19-14)15-9-18-10-16(20-15)21-3-5-22-6-4-21/h1,7-10H,2-6H2. The number of anilines is 1. The second-order valence-corrected chi connectivity index (χ2v) is 5.34. The number of aromatic nitrogens is 3. The Morgan fingerprint density at radius 3 is 2.86 bits per heavy atom. The minimum Gasteiger partial charge on any atom is -0.378 e. The highest BCUT2D eigenvalue weighted by molar-refractivity contribution is 5.71. The van der Waals surface area contributed by atoms with Crippen LogP contribution in [0.5, 0.6) is 0 Å². The zero-order valence-electron chi connectivity index (χ0n) is 12.0. The van der Waals surface area contributed by atoms with Gasteiger partial charge in [0.1, 0.15) is 11.6 Å². The molecule has 1 aliphatic carbocycles. The topological polar surface area (TPSA) is 51.1 Å². The summed E-state index contributed by atoms with van der Waals surface area (Å²) in [7, 11) is 0. The van der Waals surface area contributed by atoms with Crippen LogP contribution in [0.1, 0.15) is 11.3 Å². The van der Waals surface area contributed by atoms with E-state index in [9.17, 15) is 4.39 Å². The number of nitrogens with zero attached hydrogens (tertiary/aromatic N) is 4. The third kappa shape index (κ3) is 2.35. The lowest BCUT2D eigenvalue weighted by atomic mass is 10.1. The quantitative estimate of drug-likeness (QED) is 0.851. The first-order valence-corrected chi connectivity index (χ1v) is 7.31. The third-order valence-electron chi connectivity index (χ3n) is 3.95. The number of rotatable bonds is 2. The molecule has 0 spiro atoms. The van der Waals surface area contributed by atoms with Crippen LogP contribution in [0.25, 0.3) is 17.1 Å². The zero-order chi connectivity index (χ0) is 14.9. The van der Waals surface area contributed by atoms with E-state index >= 15 is 0 Å². The van der Waals surface area contributed by atoms with Crippen LogP contribution in [-0.4, -0.2) is 41.3 Å². The summed E-state index contributed by atoms with van der Waals surface area (Å²) in [4.78, 5) is 15.4. The summed E-state index contributed by atoms with van der Waals surface area (Å²) in [5.74, 6) is 0.610. The van der Waals surface area contributed by atoms with Gasteiger partial charge >= 0.3 is 0 Å². The van der Waals surface area contributed by atoms with E-state index in [1.54, 1.807) is 30.7 Å². The summed E-state index contributed by atoms with van der Waals surface area (Å²) in [6.45, 7) is 3.00. The molecule has 1 saturated heterocycles. The van der Waals surface area contributed by atoms with Gasteiger partial charge < -0.3 is 9.64 Å². The molecule has 0 saturated carbocycles. The van der Waals surface area contributed by atoms with Gasteiger partial charge in [-0.15, -0.1) is 0 Å². The van der Waals surface area contributed by atoms with Crippen LogP contribution in [0.2, 0.25) is 0 Å². The first kappa shape index (κ1) is 13.3. The van der Waals surface area contributed by atoms with Gasteiger partial charge in [0.25, 0.3) is 0 Å². The maximum Gasteiger partial charge on any atom is 0.147 e. The number of fused-ring (bicyclic) bond motifs is 1. The van der Waals surface area contributed by atoms with Crippen molar-refractivity contribution in [1.29, 1.82) is 0 Å². The summed E-state index contributed by atoms with van der Waals surface area (Å²) in [5.41, 5.74) is 2.83. The lowest BCUT2D eigenvalue weighted by Gasteiger charge is -2.27. The average molecular weight is 298 g/mol. The largest absolute Gasteiger partial charge is 0.378 e. The highest BCUT2D eigenvalue weighted by atomic mass is 19.1. The molecular formula is C16H15FN4O. The van der Waals surface area contributed by atoms with Gasteiger partial charge in [0, 0.05) is 36.8 Å². The first-order chi connectivity index (χ1) is 10.8. The number of halogens is 1. The van der Waals surface area contributed by atoms with Gasteiger partial charge in [-0.3, -0.25) is 9.97 Å². The minimum atomic E-state index is -0.207. The summed E-state index contributed by atoms with van der Waals surface area (Å²) in [5, 5.41) is 0. The molecule has 6 heteroatoms. The van der Waals surface area contributed by atoms with Crippen molar-refractivity contribution in [2.75, 3.05) is 31.2 Å². The lowest BCUT2D eigenvalue weighted by molar-refractivity contribution is 0.122. The van der Waals surface area contributed by atoms with Crippen LogP contribution in [0.4, 0.5) is 10.2 Å². The second-order valence-electron chi connectivity index (χ2n) is 5.34. The highest BCUT2D eigenvalue weighted by Gasteiger charge is 2.18. The number of morpholine rings is 1. The molecule has 0 bridgehead atoms. The fourth-order valence-electron chi connectivity index (χ4n) is 2.74. The molecule has 0 N–H and O–H groups in total. The Morgan fingerprint density at radius 2 is 2.00 bits per heavy atom. The molecule has 2 aromatic heterocycles. The second kappa shape index (κ2) is 5.46. The Labute approximate surface area is 127 Å². The Balaban J connectivity index is 1.68. The maximum atomic E-state index is 13.7. The van der Waals surface area contributed by atoms with Gasteiger partial charge in [-0.1, -0.05) is 0 Å². The number of allylic oxidation sites excluding steroid dienone is 1. The number of hydrogen-bond donors (Lipinski definition) is 0. The minimum absolute atomic E-state index is 0.207. The predicted octanol–water partition coefficient (Wildman–Crippen LogP) is 2.24. The van der Waals surface area contributed by atoms with Crippen LogP contribution in [-0.2, 0) is 11.2 Å². The molecule has 1 fully saturated rings. The summed E-state index contributed by atoms with van der Waals surface area (Å²) < 4.78 is 19.1.